The zero-order valence-electron chi connectivity index (χ0n) is 28.0. The molecule has 0 N–H and O–H groups in total. The highest BCUT2D eigenvalue weighted by atomic mass is 16.6. The number of esters is 1. The molecular weight excluding hydrogens is 570 g/mol. The van der Waals surface area contributed by atoms with Gasteiger partial charge in [-0.25, -0.2) is 0 Å². The van der Waals surface area contributed by atoms with Crippen LogP contribution in [0.25, 0.3) is 0 Å². The van der Waals surface area contributed by atoms with Crippen LogP contribution in [0.2, 0.25) is 0 Å². The van der Waals surface area contributed by atoms with Gasteiger partial charge in [0, 0.05) is 19.3 Å². The van der Waals surface area contributed by atoms with E-state index in [0.717, 1.165) is 38.5 Å². The van der Waals surface area contributed by atoms with E-state index in [9.17, 15) is 4.79 Å². The number of rotatable bonds is 24. The van der Waals surface area contributed by atoms with Gasteiger partial charge in [0.2, 0.25) is 0 Å². The molecule has 0 radical (unpaired) electrons. The lowest BCUT2D eigenvalue weighted by atomic mass is 10.1. The first-order valence-electron chi connectivity index (χ1n) is 17.5. The van der Waals surface area contributed by atoms with Crippen LogP contribution in [0.3, 0.4) is 0 Å². The third-order valence-corrected chi connectivity index (χ3v) is 7.56. The molecule has 6 nitrogen and oxygen atoms in total. The maximum Gasteiger partial charge on any atom is 0.305 e. The van der Waals surface area contributed by atoms with Gasteiger partial charge in [0.05, 0.1) is 23.0 Å². The predicted octanol–water partition coefficient (Wildman–Crippen LogP) is 11.3. The number of azo groups is 1. The summed E-state index contributed by atoms with van der Waals surface area (Å²) < 4.78 is 10.9. The van der Waals surface area contributed by atoms with Crippen molar-refractivity contribution in [1.29, 1.82) is 5.26 Å². The lowest BCUT2D eigenvalue weighted by Gasteiger charge is -2.07. The number of hydrogen-bond acceptors (Lipinski definition) is 6. The van der Waals surface area contributed by atoms with Crippen molar-refractivity contribution in [3.05, 3.63) is 54.1 Å². The van der Waals surface area contributed by atoms with Crippen LogP contribution in [0.15, 0.2) is 58.8 Å². The normalized spacial score (nSPS) is 10.4. The lowest BCUT2D eigenvalue weighted by Crippen LogP contribution is -2.11. The van der Waals surface area contributed by atoms with Gasteiger partial charge in [0.15, 0.2) is 0 Å². The Morgan fingerprint density at radius 3 is 1.63 bits per heavy atom. The molecule has 0 bridgehead atoms. The van der Waals surface area contributed by atoms with Crippen molar-refractivity contribution in [2.45, 2.75) is 129 Å². The fraction of sp³-hybridized carbons (Fsp3) is 0.550. The summed E-state index contributed by atoms with van der Waals surface area (Å²) in [6, 6.07) is 16.2. The van der Waals surface area contributed by atoms with Gasteiger partial charge in [-0.2, -0.15) is 15.5 Å². The van der Waals surface area contributed by atoms with Crippen LogP contribution in [0.5, 0.6) is 5.75 Å². The largest absolute Gasteiger partial charge is 0.490 e. The van der Waals surface area contributed by atoms with E-state index in [2.05, 4.69) is 46.9 Å². The summed E-state index contributed by atoms with van der Waals surface area (Å²) in [7, 11) is 0. The predicted molar refractivity (Wildman–Crippen MR) is 187 cm³/mol. The number of unbranched alkanes of at least 4 members (excludes halogenated alkanes) is 16. The molecule has 0 saturated heterocycles. The molecule has 0 aliphatic heterocycles. The topological polar surface area (TPSA) is 84.0 Å². The Hall–Kier alpha value is -4.08. The third-order valence-electron chi connectivity index (χ3n) is 7.56. The standard InChI is InChI=1S/C40H53N3O3/c1-2-3-4-5-6-7-8-9-10-11-12-13-14-15-16-17-18-19-20-21-22-23-24-40(44)46-34-33-45-39-31-29-38(30-32-39)43-42-37-27-25-36(35-41)26-28-37/h25-32H,2-12,17-24,33-34H2,1H3. The Labute approximate surface area is 278 Å². The van der Waals surface area contributed by atoms with Crippen molar-refractivity contribution in [2.24, 2.45) is 10.2 Å². The number of benzene rings is 2. The van der Waals surface area contributed by atoms with E-state index in [1.165, 1.54) is 77.0 Å². The summed E-state index contributed by atoms with van der Waals surface area (Å²) in [4.78, 5) is 12.0. The fourth-order valence-electron chi connectivity index (χ4n) is 4.82. The van der Waals surface area contributed by atoms with Crippen LogP contribution < -0.4 is 4.74 Å². The molecule has 0 fully saturated rings. The highest BCUT2D eigenvalue weighted by molar-refractivity contribution is 5.69. The highest BCUT2D eigenvalue weighted by Gasteiger charge is 2.03. The van der Waals surface area contributed by atoms with Gasteiger partial charge in [0.25, 0.3) is 0 Å². The molecule has 0 aliphatic carbocycles. The fourth-order valence-corrected chi connectivity index (χ4v) is 4.82. The molecule has 46 heavy (non-hydrogen) atoms. The van der Waals surface area contributed by atoms with Crippen LogP contribution >= 0.6 is 0 Å². The number of carbonyl (C=O) groups excluding carboxylic acids is 1. The van der Waals surface area contributed by atoms with E-state index in [4.69, 9.17) is 14.7 Å². The summed E-state index contributed by atoms with van der Waals surface area (Å²) >= 11 is 0. The molecule has 0 spiro atoms. The minimum absolute atomic E-state index is 0.174. The van der Waals surface area contributed by atoms with Crippen LogP contribution in [0.1, 0.15) is 134 Å². The second kappa shape index (κ2) is 27.2. The van der Waals surface area contributed by atoms with E-state index in [1.807, 2.05) is 0 Å². The van der Waals surface area contributed by atoms with E-state index >= 15 is 0 Å². The monoisotopic (exact) mass is 623 g/mol. The maximum absolute atomic E-state index is 12.0. The van der Waals surface area contributed by atoms with E-state index in [0.29, 0.717) is 35.7 Å². The molecule has 2 rings (SSSR count). The summed E-state index contributed by atoms with van der Waals surface area (Å²) in [5.74, 6) is 12.9. The molecule has 0 atom stereocenters. The second-order valence-corrected chi connectivity index (χ2v) is 11.6. The van der Waals surface area contributed by atoms with Crippen molar-refractivity contribution in [2.75, 3.05) is 13.2 Å². The molecule has 246 valence electrons. The summed E-state index contributed by atoms with van der Waals surface area (Å²) in [5, 5.41) is 17.2. The van der Waals surface area contributed by atoms with Crippen molar-refractivity contribution in [3.8, 4) is 35.5 Å². The molecule has 0 unspecified atom stereocenters. The average molecular weight is 624 g/mol. The first-order valence-corrected chi connectivity index (χ1v) is 17.5. The first kappa shape index (κ1) is 38.1. The highest BCUT2D eigenvalue weighted by Crippen LogP contribution is 2.21. The van der Waals surface area contributed by atoms with Crippen molar-refractivity contribution in [1.82, 2.24) is 0 Å². The van der Waals surface area contributed by atoms with Gasteiger partial charge in [-0.1, -0.05) is 102 Å². The number of carbonyl (C=O) groups is 1. The Morgan fingerprint density at radius 2 is 1.11 bits per heavy atom. The second-order valence-electron chi connectivity index (χ2n) is 11.6. The quantitative estimate of drug-likeness (QED) is 0.0504. The number of nitrogens with zero attached hydrogens (tertiary/aromatic N) is 3. The smallest absolute Gasteiger partial charge is 0.305 e. The van der Waals surface area contributed by atoms with Crippen LogP contribution in [0, 0.1) is 35.0 Å². The Morgan fingerprint density at radius 1 is 0.630 bits per heavy atom. The van der Waals surface area contributed by atoms with Gasteiger partial charge in [0.1, 0.15) is 19.0 Å². The first-order chi connectivity index (χ1) is 22.7. The van der Waals surface area contributed by atoms with Crippen molar-refractivity contribution >= 4 is 17.3 Å². The summed E-state index contributed by atoms with van der Waals surface area (Å²) in [5.41, 5.74) is 1.95. The minimum atomic E-state index is -0.174. The minimum Gasteiger partial charge on any atom is -0.490 e. The number of nitriles is 1. The summed E-state index contributed by atoms with van der Waals surface area (Å²) in [6.45, 7) is 2.79. The van der Waals surface area contributed by atoms with E-state index in [1.54, 1.807) is 48.5 Å². The molecule has 0 aromatic heterocycles. The van der Waals surface area contributed by atoms with Gasteiger partial charge in [-0.15, -0.1) is 0 Å². The Balaban J connectivity index is 1.36. The van der Waals surface area contributed by atoms with Crippen molar-refractivity contribution < 1.29 is 14.3 Å². The van der Waals surface area contributed by atoms with E-state index in [-0.39, 0.29) is 12.6 Å². The van der Waals surface area contributed by atoms with Gasteiger partial charge in [-0.05, 0) is 79.6 Å². The number of ether oxygens (including phenoxy) is 2. The van der Waals surface area contributed by atoms with Gasteiger partial charge < -0.3 is 9.47 Å². The van der Waals surface area contributed by atoms with Crippen LogP contribution in [0.4, 0.5) is 11.4 Å². The molecule has 0 saturated carbocycles. The Bertz CT molecular complexity index is 1270. The van der Waals surface area contributed by atoms with Crippen LogP contribution in [-0.2, 0) is 9.53 Å². The molecular formula is C40H53N3O3. The molecule has 2 aromatic carbocycles. The molecule has 2 aromatic rings. The van der Waals surface area contributed by atoms with E-state index < -0.39 is 0 Å². The third kappa shape index (κ3) is 20.8. The molecule has 0 amide bonds. The average Bonchev–Trinajstić information content (AvgIpc) is 3.08. The zero-order valence-corrected chi connectivity index (χ0v) is 28.0. The SMILES string of the molecule is CCCCCCCCCCCCC#CC#CCCCCCCCCC(=O)OCCOc1ccc(N=Nc2ccc(C#N)cc2)cc1. The Kier molecular flexibility index (Phi) is 22.6. The molecule has 0 heterocycles. The lowest BCUT2D eigenvalue weighted by molar-refractivity contribution is -0.144. The van der Waals surface area contributed by atoms with Crippen molar-refractivity contribution in [3.63, 3.8) is 0 Å². The summed E-state index contributed by atoms with van der Waals surface area (Å²) in [6.07, 6.45) is 22.4. The van der Waals surface area contributed by atoms with Gasteiger partial charge in [-0.3, -0.25) is 4.79 Å². The number of hydrogen-bond donors (Lipinski definition) is 0. The maximum atomic E-state index is 12.0. The molecule has 0 aliphatic rings. The van der Waals surface area contributed by atoms with Crippen LogP contribution in [-0.4, -0.2) is 19.2 Å². The van der Waals surface area contributed by atoms with Gasteiger partial charge >= 0.3 is 5.97 Å². The zero-order chi connectivity index (χ0) is 32.8. The molecule has 6 heteroatoms.